The molecule has 34 heavy (non-hydrogen) atoms. The number of ether oxygens (including phenoxy) is 3. The highest BCUT2D eigenvalue weighted by Gasteiger charge is 2.37. The van der Waals surface area contributed by atoms with E-state index in [1.807, 2.05) is 12.3 Å². The second-order valence-corrected chi connectivity index (χ2v) is 10.0. The number of hydrogen-bond donors (Lipinski definition) is 2. The molecule has 0 saturated carbocycles. The van der Waals surface area contributed by atoms with Crippen LogP contribution in [0.5, 0.6) is 0 Å². The molecule has 1 fully saturated rings. The fourth-order valence-electron chi connectivity index (χ4n) is 3.47. The molecule has 8 nitrogen and oxygen atoms in total. The lowest BCUT2D eigenvalue weighted by molar-refractivity contribution is -0.142. The van der Waals surface area contributed by atoms with E-state index in [1.54, 1.807) is 25.8 Å². The average molecular weight is 484 g/mol. The van der Waals surface area contributed by atoms with Gasteiger partial charge in [0.2, 0.25) is 0 Å². The number of allylic oxidation sites excluding steroid dienone is 2. The molecule has 2 atom stereocenters. The Bertz CT molecular complexity index is 786. The van der Waals surface area contributed by atoms with Crippen molar-refractivity contribution in [1.29, 1.82) is 0 Å². The van der Waals surface area contributed by atoms with Crippen molar-refractivity contribution in [3.05, 3.63) is 35.8 Å². The summed E-state index contributed by atoms with van der Waals surface area (Å²) in [4.78, 5) is 25.3. The van der Waals surface area contributed by atoms with Crippen LogP contribution in [0.2, 0.25) is 0 Å². The highest BCUT2D eigenvalue weighted by atomic mass is 19.1. The molecule has 1 heterocycles. The van der Waals surface area contributed by atoms with Crippen LogP contribution in [0.1, 0.15) is 47.5 Å². The predicted octanol–water partition coefficient (Wildman–Crippen LogP) is 3.91. The summed E-state index contributed by atoms with van der Waals surface area (Å²) in [5, 5.41) is 6.48. The number of halogens is 1. The third-order valence-corrected chi connectivity index (χ3v) is 5.83. The van der Waals surface area contributed by atoms with Gasteiger partial charge in [0.1, 0.15) is 6.17 Å². The predicted molar refractivity (Wildman–Crippen MR) is 131 cm³/mol. The second-order valence-electron chi connectivity index (χ2n) is 10.0. The van der Waals surface area contributed by atoms with Crippen LogP contribution in [0.15, 0.2) is 35.8 Å². The van der Waals surface area contributed by atoms with Crippen molar-refractivity contribution in [3.8, 4) is 0 Å². The molecule has 1 aliphatic heterocycles. The Morgan fingerprint density at radius 3 is 2.41 bits per heavy atom. The summed E-state index contributed by atoms with van der Waals surface area (Å²) in [6.45, 7) is 15.0. The molecule has 0 radical (unpaired) electrons. The van der Waals surface area contributed by atoms with Crippen molar-refractivity contribution in [1.82, 2.24) is 15.5 Å². The van der Waals surface area contributed by atoms with Gasteiger partial charge in [0.15, 0.2) is 0 Å². The number of methoxy groups -OCH3 is 2. The molecule has 0 aliphatic carbocycles. The van der Waals surface area contributed by atoms with Crippen LogP contribution >= 0.6 is 0 Å². The molecule has 0 aromatic carbocycles. The van der Waals surface area contributed by atoms with E-state index in [4.69, 9.17) is 9.47 Å². The summed E-state index contributed by atoms with van der Waals surface area (Å²) in [6.07, 6.45) is 1.72. The first-order valence-corrected chi connectivity index (χ1v) is 11.5. The number of alkyl halides is 1. The number of esters is 1. The molecular formula is C25H42FN3O5. The number of carbonyl (C=O) groups is 2. The maximum absolute atomic E-state index is 15.1. The Kier molecular flexibility index (Phi) is 11.1. The van der Waals surface area contributed by atoms with E-state index < -0.39 is 23.6 Å². The van der Waals surface area contributed by atoms with Gasteiger partial charge in [-0.05, 0) is 17.2 Å². The highest BCUT2D eigenvalue weighted by Crippen LogP contribution is 2.38. The molecule has 1 aliphatic rings. The number of morpholine rings is 1. The quantitative estimate of drug-likeness (QED) is 0.360. The fraction of sp³-hybridized carbons (Fsp3) is 0.680. The third-order valence-electron chi connectivity index (χ3n) is 5.83. The first kappa shape index (κ1) is 29.5. The van der Waals surface area contributed by atoms with Crippen molar-refractivity contribution in [3.63, 3.8) is 0 Å². The van der Waals surface area contributed by atoms with Gasteiger partial charge in [-0.2, -0.15) is 0 Å². The molecule has 2 N–H and O–H groups in total. The first-order chi connectivity index (χ1) is 15.8. The molecule has 0 aromatic rings. The van der Waals surface area contributed by atoms with Crippen molar-refractivity contribution < 1.29 is 28.2 Å². The van der Waals surface area contributed by atoms with Gasteiger partial charge in [-0.1, -0.05) is 47.3 Å². The molecule has 9 heteroatoms. The van der Waals surface area contributed by atoms with E-state index in [9.17, 15) is 9.59 Å². The van der Waals surface area contributed by atoms with Crippen LogP contribution in [0.25, 0.3) is 0 Å². The fourth-order valence-corrected chi connectivity index (χ4v) is 3.47. The molecule has 0 aromatic heterocycles. The summed E-state index contributed by atoms with van der Waals surface area (Å²) in [5.41, 5.74) is 0.747. The van der Waals surface area contributed by atoms with E-state index >= 15 is 4.39 Å². The van der Waals surface area contributed by atoms with Gasteiger partial charge in [-0.3, -0.25) is 4.79 Å². The number of carbonyl (C=O) groups excluding carboxylic acids is 2. The zero-order valence-electron chi connectivity index (χ0n) is 21.9. The van der Waals surface area contributed by atoms with E-state index in [-0.39, 0.29) is 17.9 Å². The zero-order valence-corrected chi connectivity index (χ0v) is 21.9. The number of likely N-dealkylation sites (N-methyl/N-ethyl adjacent to an activating group) is 1. The minimum Gasteiger partial charge on any atom is -0.469 e. The normalized spacial score (nSPS) is 18.7. The minimum atomic E-state index is -1.50. The molecule has 1 amide bonds. The lowest BCUT2D eigenvalue weighted by Crippen LogP contribution is -2.46. The van der Waals surface area contributed by atoms with E-state index in [0.717, 1.165) is 5.70 Å². The van der Waals surface area contributed by atoms with Gasteiger partial charge >= 0.3 is 12.1 Å². The van der Waals surface area contributed by atoms with Crippen LogP contribution in [0.4, 0.5) is 9.18 Å². The van der Waals surface area contributed by atoms with E-state index in [2.05, 4.69) is 42.7 Å². The van der Waals surface area contributed by atoms with Crippen LogP contribution in [0.3, 0.4) is 0 Å². The van der Waals surface area contributed by atoms with Crippen molar-refractivity contribution in [2.75, 3.05) is 41.0 Å². The summed E-state index contributed by atoms with van der Waals surface area (Å²) >= 11 is 0. The summed E-state index contributed by atoms with van der Waals surface area (Å²) in [6, 6.07) is 0. The van der Waals surface area contributed by atoms with Crippen LogP contribution in [-0.2, 0) is 19.0 Å². The second kappa shape index (κ2) is 12.8. The largest absolute Gasteiger partial charge is 0.469 e. The Hall–Kier alpha value is -2.55. The monoisotopic (exact) mass is 483 g/mol. The molecule has 194 valence electrons. The van der Waals surface area contributed by atoms with Gasteiger partial charge in [0.25, 0.3) is 0 Å². The first-order valence-electron chi connectivity index (χ1n) is 11.5. The molecule has 1 rings (SSSR count). The lowest BCUT2D eigenvalue weighted by atomic mass is 9.77. The van der Waals surface area contributed by atoms with E-state index in [1.165, 1.54) is 14.2 Å². The SMILES string of the molecule is C=C(/C(NC)=C(\C[C@H]1CN(C(=O)OC)CCO1)N/C=C\C(C)(C)C)C(C)(C)[C@@H](F)CC(=O)OC. The molecular weight excluding hydrogens is 441 g/mol. The Morgan fingerprint density at radius 2 is 1.88 bits per heavy atom. The molecule has 0 unspecified atom stereocenters. The highest BCUT2D eigenvalue weighted by molar-refractivity contribution is 5.70. The summed E-state index contributed by atoms with van der Waals surface area (Å²) in [7, 11) is 4.33. The van der Waals surface area contributed by atoms with Crippen molar-refractivity contribution in [2.24, 2.45) is 10.8 Å². The van der Waals surface area contributed by atoms with Gasteiger partial charge in [-0.15, -0.1) is 0 Å². The van der Waals surface area contributed by atoms with Crippen molar-refractivity contribution in [2.45, 2.75) is 59.7 Å². The number of nitrogens with one attached hydrogen (secondary N) is 2. The van der Waals surface area contributed by atoms with Gasteiger partial charge < -0.3 is 29.7 Å². The average Bonchev–Trinajstić information content (AvgIpc) is 2.77. The standard InChI is InChI=1S/C25H42FN3O5/c1-17(25(5,6)20(26)15-21(30)32-8)22(27-7)19(28-11-10-24(2,3)4)14-18-16-29(12-13-34-18)23(31)33-9/h10-11,18,20,27-28H,1,12-16H2,2-9H3/b11-10-,22-19-/t18-,20-/m0/s1. The van der Waals surface area contributed by atoms with Crippen LogP contribution < -0.4 is 10.6 Å². The Morgan fingerprint density at radius 1 is 1.24 bits per heavy atom. The van der Waals surface area contributed by atoms with Gasteiger partial charge in [0, 0.05) is 31.1 Å². The minimum absolute atomic E-state index is 0.0538. The van der Waals surface area contributed by atoms with E-state index in [0.29, 0.717) is 37.4 Å². The topological polar surface area (TPSA) is 89.1 Å². The van der Waals surface area contributed by atoms with Gasteiger partial charge in [-0.25, -0.2) is 9.18 Å². The third kappa shape index (κ3) is 8.66. The number of hydrogen-bond acceptors (Lipinski definition) is 7. The summed E-state index contributed by atoms with van der Waals surface area (Å²) in [5.74, 6) is -0.617. The van der Waals surface area contributed by atoms with Gasteiger partial charge in [0.05, 0.1) is 45.6 Å². The van der Waals surface area contributed by atoms with Crippen molar-refractivity contribution >= 4 is 12.1 Å². The number of rotatable bonds is 10. The lowest BCUT2D eigenvalue weighted by Gasteiger charge is -2.35. The summed E-state index contributed by atoms with van der Waals surface area (Å²) < 4.78 is 30.5. The molecule has 0 spiro atoms. The maximum Gasteiger partial charge on any atom is 0.409 e. The number of amides is 1. The number of nitrogens with zero attached hydrogens (tertiary/aromatic N) is 1. The smallest absolute Gasteiger partial charge is 0.409 e. The zero-order chi connectivity index (χ0) is 26.1. The Labute approximate surface area is 203 Å². The maximum atomic E-state index is 15.1. The molecule has 1 saturated heterocycles. The van der Waals surface area contributed by atoms with Crippen LogP contribution in [-0.4, -0.2) is 70.2 Å². The Balaban J connectivity index is 3.29. The van der Waals surface area contributed by atoms with Crippen LogP contribution in [0, 0.1) is 10.8 Å². The molecule has 0 bridgehead atoms.